The van der Waals surface area contributed by atoms with Crippen LogP contribution in [-0.2, 0) is 0 Å². The summed E-state index contributed by atoms with van der Waals surface area (Å²) in [5, 5.41) is 8.39. The number of nitrogens with zero attached hydrogens (tertiary/aromatic N) is 1. The van der Waals surface area contributed by atoms with Crippen molar-refractivity contribution in [3.63, 3.8) is 0 Å². The zero-order valence-corrected chi connectivity index (χ0v) is 7.93. The summed E-state index contributed by atoms with van der Waals surface area (Å²) in [4.78, 5) is 0. The Kier molecular flexibility index (Phi) is 5.93. The molecule has 0 radical (unpaired) electrons. The topological polar surface area (TPSA) is 23.8 Å². The Morgan fingerprint density at radius 2 is 2.00 bits per heavy atom. The van der Waals surface area contributed by atoms with E-state index in [2.05, 4.69) is 26.8 Å². The van der Waals surface area contributed by atoms with Crippen molar-refractivity contribution in [2.45, 2.75) is 46.5 Å². The van der Waals surface area contributed by atoms with Crippen LogP contribution < -0.4 is 0 Å². The van der Waals surface area contributed by atoms with Gasteiger partial charge in [-0.05, 0) is 24.7 Å². The van der Waals surface area contributed by atoms with Crippen molar-refractivity contribution in [3.8, 4) is 6.07 Å². The van der Waals surface area contributed by atoms with Crippen LogP contribution in [0.1, 0.15) is 46.5 Å². The first-order chi connectivity index (χ1) is 5.20. The minimum absolute atomic E-state index is 0.727. The van der Waals surface area contributed by atoms with E-state index in [0.29, 0.717) is 0 Å². The van der Waals surface area contributed by atoms with Crippen molar-refractivity contribution >= 4 is 0 Å². The van der Waals surface area contributed by atoms with Gasteiger partial charge in [0.25, 0.3) is 0 Å². The van der Waals surface area contributed by atoms with Gasteiger partial charge in [0.15, 0.2) is 0 Å². The van der Waals surface area contributed by atoms with Crippen molar-refractivity contribution in [1.82, 2.24) is 0 Å². The van der Waals surface area contributed by atoms with E-state index in [1.807, 2.05) is 0 Å². The summed E-state index contributed by atoms with van der Waals surface area (Å²) in [5.41, 5.74) is 0. The predicted molar refractivity (Wildman–Crippen MR) is 48.1 cm³/mol. The fourth-order valence-corrected chi connectivity index (χ4v) is 1.42. The molecule has 0 saturated heterocycles. The number of nitriles is 1. The molecule has 1 nitrogen and oxygen atoms in total. The van der Waals surface area contributed by atoms with Gasteiger partial charge in [0.1, 0.15) is 0 Å². The molecule has 0 saturated carbocycles. The van der Waals surface area contributed by atoms with Crippen LogP contribution in [0.25, 0.3) is 0 Å². The van der Waals surface area contributed by atoms with Crippen molar-refractivity contribution in [2.24, 2.45) is 11.8 Å². The van der Waals surface area contributed by atoms with E-state index >= 15 is 0 Å². The molecule has 1 heteroatoms. The normalized spacial score (nSPS) is 13.0. The average Bonchev–Trinajstić information content (AvgIpc) is 1.97. The van der Waals surface area contributed by atoms with Gasteiger partial charge >= 0.3 is 0 Å². The molecule has 0 aliphatic carbocycles. The van der Waals surface area contributed by atoms with Gasteiger partial charge in [-0.2, -0.15) is 5.26 Å². The van der Waals surface area contributed by atoms with Gasteiger partial charge in [0, 0.05) is 6.42 Å². The predicted octanol–water partition coefficient (Wildman–Crippen LogP) is 3.36. The number of hydrogen-bond donors (Lipinski definition) is 0. The second-order valence-electron chi connectivity index (χ2n) is 3.60. The fraction of sp³-hybridized carbons (Fsp3) is 0.900. The monoisotopic (exact) mass is 153 g/mol. The van der Waals surface area contributed by atoms with Gasteiger partial charge in [-0.1, -0.05) is 27.2 Å². The minimum atomic E-state index is 0.727. The molecular weight excluding hydrogens is 134 g/mol. The van der Waals surface area contributed by atoms with Gasteiger partial charge in [0.05, 0.1) is 6.07 Å². The van der Waals surface area contributed by atoms with Crippen LogP contribution >= 0.6 is 0 Å². The average molecular weight is 153 g/mol. The first-order valence-corrected chi connectivity index (χ1v) is 4.57. The maximum Gasteiger partial charge on any atom is 0.0621 e. The summed E-state index contributed by atoms with van der Waals surface area (Å²) >= 11 is 0. The van der Waals surface area contributed by atoms with Crippen molar-refractivity contribution in [2.75, 3.05) is 0 Å². The van der Waals surface area contributed by atoms with Crippen LogP contribution in [0.5, 0.6) is 0 Å². The summed E-state index contributed by atoms with van der Waals surface area (Å²) in [6.07, 6.45) is 4.31. The number of hydrogen-bond acceptors (Lipinski definition) is 1. The SMILES string of the molecule is CCC(CCC#N)CC(C)C. The molecular formula is C10H19N. The zero-order valence-electron chi connectivity index (χ0n) is 7.93. The lowest BCUT2D eigenvalue weighted by molar-refractivity contribution is 0.379. The van der Waals surface area contributed by atoms with Crippen LogP contribution in [0.3, 0.4) is 0 Å². The largest absolute Gasteiger partial charge is 0.198 e. The molecule has 0 rings (SSSR count). The molecule has 0 aromatic heterocycles. The molecule has 0 amide bonds. The highest BCUT2D eigenvalue weighted by molar-refractivity contribution is 4.72. The van der Waals surface area contributed by atoms with E-state index in [1.165, 1.54) is 12.8 Å². The van der Waals surface area contributed by atoms with E-state index in [0.717, 1.165) is 24.7 Å². The highest BCUT2D eigenvalue weighted by atomic mass is 14.2. The molecule has 0 fully saturated rings. The van der Waals surface area contributed by atoms with Crippen LogP contribution in [0.4, 0.5) is 0 Å². The van der Waals surface area contributed by atoms with E-state index < -0.39 is 0 Å². The molecule has 0 N–H and O–H groups in total. The minimum Gasteiger partial charge on any atom is -0.198 e. The quantitative estimate of drug-likeness (QED) is 0.594. The van der Waals surface area contributed by atoms with Gasteiger partial charge in [-0.3, -0.25) is 0 Å². The highest BCUT2D eigenvalue weighted by Crippen LogP contribution is 2.19. The smallest absolute Gasteiger partial charge is 0.0621 e. The Bertz CT molecular complexity index is 121. The molecule has 64 valence electrons. The lowest BCUT2D eigenvalue weighted by atomic mass is 9.91. The molecule has 1 unspecified atom stereocenters. The Labute approximate surface area is 70.4 Å². The van der Waals surface area contributed by atoms with E-state index in [9.17, 15) is 0 Å². The molecule has 1 atom stereocenters. The van der Waals surface area contributed by atoms with E-state index in [1.54, 1.807) is 0 Å². The first-order valence-electron chi connectivity index (χ1n) is 4.57. The molecule has 0 heterocycles. The van der Waals surface area contributed by atoms with Crippen LogP contribution in [0, 0.1) is 23.2 Å². The summed E-state index contributed by atoms with van der Waals surface area (Å²) in [6, 6.07) is 2.21. The molecule has 0 aromatic rings. The van der Waals surface area contributed by atoms with E-state index in [4.69, 9.17) is 5.26 Å². The molecule has 0 bridgehead atoms. The molecule has 0 aliphatic rings. The summed E-state index contributed by atoms with van der Waals surface area (Å²) < 4.78 is 0. The summed E-state index contributed by atoms with van der Waals surface area (Å²) in [6.45, 7) is 6.70. The summed E-state index contributed by atoms with van der Waals surface area (Å²) in [5.74, 6) is 1.55. The zero-order chi connectivity index (χ0) is 8.69. The third-order valence-corrected chi connectivity index (χ3v) is 2.05. The fourth-order valence-electron chi connectivity index (χ4n) is 1.42. The van der Waals surface area contributed by atoms with Gasteiger partial charge in [0.2, 0.25) is 0 Å². The lowest BCUT2D eigenvalue weighted by Crippen LogP contribution is -2.02. The van der Waals surface area contributed by atoms with Crippen molar-refractivity contribution in [1.29, 1.82) is 5.26 Å². The Morgan fingerprint density at radius 3 is 2.36 bits per heavy atom. The maximum absolute atomic E-state index is 8.39. The van der Waals surface area contributed by atoms with Crippen molar-refractivity contribution < 1.29 is 0 Å². The van der Waals surface area contributed by atoms with Gasteiger partial charge in [-0.25, -0.2) is 0 Å². The van der Waals surface area contributed by atoms with Crippen LogP contribution in [0.2, 0.25) is 0 Å². The van der Waals surface area contributed by atoms with E-state index in [-0.39, 0.29) is 0 Å². The second-order valence-corrected chi connectivity index (χ2v) is 3.60. The lowest BCUT2D eigenvalue weighted by Gasteiger charge is -2.14. The molecule has 11 heavy (non-hydrogen) atoms. The standard InChI is InChI=1S/C10H19N/c1-4-10(6-5-7-11)8-9(2)3/h9-10H,4-6,8H2,1-3H3. The number of rotatable bonds is 5. The third kappa shape index (κ3) is 5.91. The third-order valence-electron chi connectivity index (χ3n) is 2.05. The molecule has 0 spiro atoms. The Morgan fingerprint density at radius 1 is 1.36 bits per heavy atom. The van der Waals surface area contributed by atoms with Crippen LogP contribution in [-0.4, -0.2) is 0 Å². The summed E-state index contributed by atoms with van der Waals surface area (Å²) in [7, 11) is 0. The van der Waals surface area contributed by atoms with Gasteiger partial charge in [-0.15, -0.1) is 0 Å². The highest BCUT2D eigenvalue weighted by Gasteiger charge is 2.07. The Hall–Kier alpha value is -0.510. The van der Waals surface area contributed by atoms with Crippen molar-refractivity contribution in [3.05, 3.63) is 0 Å². The van der Waals surface area contributed by atoms with Crippen LogP contribution in [0.15, 0.2) is 0 Å². The second kappa shape index (κ2) is 6.22. The van der Waals surface area contributed by atoms with Gasteiger partial charge < -0.3 is 0 Å². The molecule has 0 aliphatic heterocycles. The first kappa shape index (κ1) is 10.5. The maximum atomic E-state index is 8.39. The molecule has 0 aromatic carbocycles. The Balaban J connectivity index is 3.51.